The standard InChI is InChI=1S/C31H43FN4O3/c1-4-5-10-22-19-26(29(39-3)27(32)20-22)28(31(37)38)36-18-15-25(21-36)35(2)17-8-6-7-12-24-14-13-23-11-9-16-33-30(23)34-24/h4,13-14,19-20,25,28H,1,5-12,15-18,21H2,2-3H3,(H,33,34)(H,37,38). The number of carboxylic acids is 1. The van der Waals surface area contributed by atoms with Gasteiger partial charge in [0, 0.05) is 36.9 Å². The molecule has 0 aliphatic carbocycles. The molecule has 8 heteroatoms. The third-order valence-electron chi connectivity index (χ3n) is 8.08. The maximum atomic E-state index is 14.9. The number of rotatable bonds is 14. The van der Waals surface area contributed by atoms with Gasteiger partial charge in [-0.2, -0.15) is 0 Å². The van der Waals surface area contributed by atoms with Crippen LogP contribution in [-0.2, 0) is 24.1 Å². The van der Waals surface area contributed by atoms with Crippen LogP contribution in [0.2, 0.25) is 0 Å². The lowest BCUT2D eigenvalue weighted by molar-refractivity contribution is -0.143. The van der Waals surface area contributed by atoms with E-state index in [9.17, 15) is 14.3 Å². The van der Waals surface area contributed by atoms with E-state index >= 15 is 0 Å². The predicted octanol–water partition coefficient (Wildman–Crippen LogP) is 5.25. The molecule has 0 spiro atoms. The third-order valence-corrected chi connectivity index (χ3v) is 8.08. The van der Waals surface area contributed by atoms with Crippen molar-refractivity contribution in [3.8, 4) is 5.75 Å². The smallest absolute Gasteiger partial charge is 0.325 e. The Bertz CT molecular complexity index is 1140. The zero-order valence-electron chi connectivity index (χ0n) is 23.4. The summed E-state index contributed by atoms with van der Waals surface area (Å²) in [5.74, 6) is -0.420. The molecule has 1 saturated heterocycles. The van der Waals surface area contributed by atoms with Crippen molar-refractivity contribution < 1.29 is 19.0 Å². The summed E-state index contributed by atoms with van der Waals surface area (Å²) in [4.78, 5) is 21.5. The Balaban J connectivity index is 1.29. The Kier molecular flexibility index (Phi) is 10.3. The minimum Gasteiger partial charge on any atom is -0.493 e. The van der Waals surface area contributed by atoms with E-state index in [0.29, 0.717) is 31.5 Å². The average molecular weight is 539 g/mol. The summed E-state index contributed by atoms with van der Waals surface area (Å²) in [5, 5.41) is 13.6. The predicted molar refractivity (Wildman–Crippen MR) is 153 cm³/mol. The van der Waals surface area contributed by atoms with Gasteiger partial charge in [-0.3, -0.25) is 9.69 Å². The summed E-state index contributed by atoms with van der Waals surface area (Å²) in [6, 6.07) is 6.92. The number of allylic oxidation sites excluding steroid dienone is 1. The molecular formula is C31H43FN4O3. The average Bonchev–Trinajstić information content (AvgIpc) is 3.41. The lowest BCUT2D eigenvalue weighted by Gasteiger charge is -2.28. The highest BCUT2D eigenvalue weighted by Crippen LogP contribution is 2.36. The Morgan fingerprint density at radius 3 is 2.95 bits per heavy atom. The molecule has 0 bridgehead atoms. The molecule has 212 valence electrons. The van der Waals surface area contributed by atoms with E-state index in [4.69, 9.17) is 9.72 Å². The summed E-state index contributed by atoms with van der Waals surface area (Å²) in [6.45, 7) is 6.98. The largest absolute Gasteiger partial charge is 0.493 e. The number of nitrogens with one attached hydrogen (secondary N) is 1. The third kappa shape index (κ3) is 7.37. The molecule has 2 atom stereocenters. The molecule has 2 aromatic rings. The van der Waals surface area contributed by atoms with Gasteiger partial charge in [0.25, 0.3) is 0 Å². The number of aromatic nitrogens is 1. The molecular weight excluding hydrogens is 495 g/mol. The molecule has 2 aliphatic heterocycles. The first kappa shape index (κ1) is 29.0. The van der Waals surface area contributed by atoms with Crippen molar-refractivity contribution in [2.45, 2.75) is 69.9 Å². The number of nitrogens with zero attached hydrogens (tertiary/aromatic N) is 3. The lowest BCUT2D eigenvalue weighted by Crippen LogP contribution is -2.38. The monoisotopic (exact) mass is 538 g/mol. The van der Waals surface area contributed by atoms with Gasteiger partial charge in [0.2, 0.25) is 0 Å². The number of carboxylic acid groups (broad SMARTS) is 1. The topological polar surface area (TPSA) is 77.9 Å². The SMILES string of the molecule is C=CCCc1cc(F)c(OC)c(C(C(=O)O)N2CCC(N(C)CCCCCc3ccc4c(n3)NCCC4)C2)c1. The van der Waals surface area contributed by atoms with Crippen molar-refractivity contribution in [1.29, 1.82) is 0 Å². The number of hydrogen-bond donors (Lipinski definition) is 2. The molecule has 0 radical (unpaired) electrons. The Morgan fingerprint density at radius 2 is 2.18 bits per heavy atom. The van der Waals surface area contributed by atoms with E-state index < -0.39 is 17.8 Å². The van der Waals surface area contributed by atoms with Crippen molar-refractivity contribution in [3.05, 3.63) is 65.1 Å². The first-order valence-corrected chi connectivity index (χ1v) is 14.3. The molecule has 2 aliphatic rings. The molecule has 2 unspecified atom stereocenters. The number of likely N-dealkylation sites (tertiary alicyclic amines) is 1. The summed E-state index contributed by atoms with van der Waals surface area (Å²) in [5.41, 5.74) is 3.62. The van der Waals surface area contributed by atoms with Crippen molar-refractivity contribution in [2.75, 3.05) is 45.7 Å². The number of ether oxygens (including phenoxy) is 1. The first-order chi connectivity index (χ1) is 18.9. The van der Waals surface area contributed by atoms with Crippen LogP contribution in [0.3, 0.4) is 0 Å². The summed E-state index contributed by atoms with van der Waals surface area (Å²) in [6.07, 6.45) is 10.5. The van der Waals surface area contributed by atoms with Crippen LogP contribution in [0.15, 0.2) is 36.9 Å². The van der Waals surface area contributed by atoms with Crippen LogP contribution in [0.1, 0.15) is 67.0 Å². The van der Waals surface area contributed by atoms with Crippen molar-refractivity contribution in [2.24, 2.45) is 0 Å². The van der Waals surface area contributed by atoms with Crippen molar-refractivity contribution >= 4 is 11.8 Å². The van der Waals surface area contributed by atoms with Gasteiger partial charge in [-0.1, -0.05) is 18.6 Å². The number of benzene rings is 1. The Hall–Kier alpha value is -2.97. The minimum atomic E-state index is -0.983. The van der Waals surface area contributed by atoms with Crippen LogP contribution in [0.5, 0.6) is 5.75 Å². The van der Waals surface area contributed by atoms with Gasteiger partial charge in [-0.15, -0.1) is 6.58 Å². The van der Waals surface area contributed by atoms with Gasteiger partial charge in [0.15, 0.2) is 11.6 Å². The number of pyridine rings is 1. The normalized spacial score (nSPS) is 18.0. The number of aryl methyl sites for hydroxylation is 3. The summed E-state index contributed by atoms with van der Waals surface area (Å²) < 4.78 is 20.2. The zero-order chi connectivity index (χ0) is 27.8. The molecule has 4 rings (SSSR count). The van der Waals surface area contributed by atoms with E-state index in [1.165, 1.54) is 25.2 Å². The Labute approximate surface area is 232 Å². The fourth-order valence-corrected chi connectivity index (χ4v) is 5.89. The molecule has 2 N–H and O–H groups in total. The first-order valence-electron chi connectivity index (χ1n) is 14.3. The molecule has 0 saturated carbocycles. The lowest BCUT2D eigenvalue weighted by atomic mass is 9.98. The van der Waals surface area contributed by atoms with Crippen molar-refractivity contribution in [1.82, 2.24) is 14.8 Å². The number of fused-ring (bicyclic) bond motifs is 1. The fourth-order valence-electron chi connectivity index (χ4n) is 5.89. The van der Waals surface area contributed by atoms with E-state index in [0.717, 1.165) is 68.7 Å². The second-order valence-electron chi connectivity index (χ2n) is 10.8. The molecule has 1 aromatic carbocycles. The Morgan fingerprint density at radius 1 is 1.33 bits per heavy atom. The summed E-state index contributed by atoms with van der Waals surface area (Å²) in [7, 11) is 3.51. The van der Waals surface area contributed by atoms with Crippen LogP contribution >= 0.6 is 0 Å². The van der Waals surface area contributed by atoms with E-state index in [-0.39, 0.29) is 11.8 Å². The number of unbranched alkanes of at least 4 members (excludes halogenated alkanes) is 2. The number of hydrogen-bond acceptors (Lipinski definition) is 6. The number of halogens is 1. The molecule has 1 aromatic heterocycles. The van der Waals surface area contributed by atoms with Gasteiger partial charge < -0.3 is 20.1 Å². The number of carbonyl (C=O) groups is 1. The van der Waals surface area contributed by atoms with Gasteiger partial charge in [-0.25, -0.2) is 9.37 Å². The van der Waals surface area contributed by atoms with Gasteiger partial charge >= 0.3 is 5.97 Å². The number of anilines is 1. The maximum Gasteiger partial charge on any atom is 0.325 e. The van der Waals surface area contributed by atoms with Gasteiger partial charge in [0.05, 0.1) is 7.11 Å². The molecule has 1 fully saturated rings. The van der Waals surface area contributed by atoms with Crippen LogP contribution in [-0.4, -0.2) is 72.2 Å². The van der Waals surface area contributed by atoms with E-state index in [1.807, 2.05) is 4.90 Å². The fraction of sp³-hybridized carbons (Fsp3) is 0.548. The molecule has 0 amide bonds. The van der Waals surface area contributed by atoms with E-state index in [1.54, 1.807) is 12.1 Å². The zero-order valence-corrected chi connectivity index (χ0v) is 23.4. The summed E-state index contributed by atoms with van der Waals surface area (Å²) >= 11 is 0. The number of methoxy groups -OCH3 is 1. The molecule has 7 nitrogen and oxygen atoms in total. The van der Waals surface area contributed by atoms with Gasteiger partial charge in [0.1, 0.15) is 11.9 Å². The van der Waals surface area contributed by atoms with Crippen molar-refractivity contribution in [3.63, 3.8) is 0 Å². The minimum absolute atomic E-state index is 0.0192. The second-order valence-corrected chi connectivity index (χ2v) is 10.8. The van der Waals surface area contributed by atoms with Gasteiger partial charge in [-0.05, 0) is 94.3 Å². The number of aliphatic carboxylic acids is 1. The maximum absolute atomic E-state index is 14.9. The number of likely N-dealkylation sites (N-methyl/N-ethyl adjacent to an activating group) is 1. The van der Waals surface area contributed by atoms with Crippen LogP contribution in [0, 0.1) is 5.82 Å². The molecule has 39 heavy (non-hydrogen) atoms. The van der Waals surface area contributed by atoms with Crippen LogP contribution in [0.25, 0.3) is 0 Å². The van der Waals surface area contributed by atoms with Crippen LogP contribution < -0.4 is 10.1 Å². The highest BCUT2D eigenvalue weighted by atomic mass is 19.1. The highest BCUT2D eigenvalue weighted by Gasteiger charge is 2.37. The van der Waals surface area contributed by atoms with Crippen LogP contribution in [0.4, 0.5) is 10.2 Å². The quantitative estimate of drug-likeness (QED) is 0.251. The second kappa shape index (κ2) is 13.9. The molecule has 3 heterocycles. The van der Waals surface area contributed by atoms with E-state index in [2.05, 4.69) is 36.0 Å². The highest BCUT2D eigenvalue weighted by molar-refractivity contribution is 5.77.